The number of halogens is 3. The lowest BCUT2D eigenvalue weighted by atomic mass is 10.1. The van der Waals surface area contributed by atoms with Crippen LogP contribution in [0.5, 0.6) is 11.5 Å². The molecule has 0 saturated heterocycles. The second kappa shape index (κ2) is 8.24. The Morgan fingerprint density at radius 3 is 2.30 bits per heavy atom. The van der Waals surface area contributed by atoms with Gasteiger partial charge in [0.2, 0.25) is 5.75 Å². The Balaban J connectivity index is 1.78. The number of carbonyl (C=O) groups excluding carboxylic acids is 1. The summed E-state index contributed by atoms with van der Waals surface area (Å²) in [5.74, 6) is -0.577. The van der Waals surface area contributed by atoms with E-state index in [4.69, 9.17) is 4.74 Å². The molecule has 0 heterocycles. The highest BCUT2D eigenvalue weighted by Gasteiger charge is 2.33. The Morgan fingerprint density at radius 2 is 1.70 bits per heavy atom. The van der Waals surface area contributed by atoms with Crippen LogP contribution in [0.3, 0.4) is 0 Å². The Bertz CT molecular complexity index is 1100. The van der Waals surface area contributed by atoms with Crippen LogP contribution in [0.1, 0.15) is 21.5 Å². The van der Waals surface area contributed by atoms with Crippen LogP contribution in [0.4, 0.5) is 24.5 Å². The molecule has 0 radical (unpaired) electrons. The summed E-state index contributed by atoms with van der Waals surface area (Å²) in [5, 5.41) is 13.9. The van der Waals surface area contributed by atoms with Gasteiger partial charge in [0.05, 0.1) is 10.5 Å². The van der Waals surface area contributed by atoms with E-state index in [1.807, 2.05) is 19.1 Å². The maximum absolute atomic E-state index is 12.8. The van der Waals surface area contributed by atoms with Crippen molar-refractivity contribution in [2.45, 2.75) is 13.1 Å². The van der Waals surface area contributed by atoms with Gasteiger partial charge in [-0.25, -0.2) is 0 Å². The Labute approximate surface area is 169 Å². The zero-order valence-corrected chi connectivity index (χ0v) is 15.6. The molecule has 0 aliphatic heterocycles. The summed E-state index contributed by atoms with van der Waals surface area (Å²) in [6.45, 7) is 1.85. The quantitative estimate of drug-likeness (QED) is 0.411. The fourth-order valence-corrected chi connectivity index (χ4v) is 2.63. The van der Waals surface area contributed by atoms with E-state index in [2.05, 4.69) is 5.32 Å². The van der Waals surface area contributed by atoms with Gasteiger partial charge in [-0.2, -0.15) is 13.2 Å². The van der Waals surface area contributed by atoms with Gasteiger partial charge in [-0.05, 0) is 55.0 Å². The van der Waals surface area contributed by atoms with Crippen LogP contribution in [-0.4, -0.2) is 10.8 Å². The zero-order valence-electron chi connectivity index (χ0n) is 15.6. The minimum absolute atomic E-state index is 0.130. The van der Waals surface area contributed by atoms with E-state index in [-0.39, 0.29) is 17.4 Å². The highest BCUT2D eigenvalue weighted by atomic mass is 19.4. The summed E-state index contributed by atoms with van der Waals surface area (Å²) in [5.41, 5.74) is -0.105. The summed E-state index contributed by atoms with van der Waals surface area (Å²) in [4.78, 5) is 22.6. The van der Waals surface area contributed by atoms with Crippen LogP contribution >= 0.6 is 0 Å². The normalized spacial score (nSPS) is 11.1. The first-order chi connectivity index (χ1) is 14.1. The van der Waals surface area contributed by atoms with Gasteiger partial charge < -0.3 is 10.1 Å². The van der Waals surface area contributed by atoms with E-state index in [1.54, 1.807) is 12.1 Å². The van der Waals surface area contributed by atoms with Gasteiger partial charge in [-0.1, -0.05) is 18.2 Å². The number of para-hydroxylation sites is 1. The number of nitro groups is 1. The van der Waals surface area contributed by atoms with Crippen molar-refractivity contribution in [3.8, 4) is 11.5 Å². The van der Waals surface area contributed by atoms with Gasteiger partial charge in [0.25, 0.3) is 5.91 Å². The molecule has 0 aliphatic carbocycles. The molecule has 6 nitrogen and oxygen atoms in total. The van der Waals surface area contributed by atoms with Crippen molar-refractivity contribution in [1.29, 1.82) is 0 Å². The molecule has 0 fully saturated rings. The molecule has 1 N–H and O–H groups in total. The number of nitrogens with one attached hydrogen (secondary N) is 1. The largest absolute Gasteiger partial charge is 0.450 e. The van der Waals surface area contributed by atoms with Crippen molar-refractivity contribution < 1.29 is 27.6 Å². The predicted octanol–water partition coefficient (Wildman–Crippen LogP) is 5.97. The molecular formula is C21H15F3N2O4. The van der Waals surface area contributed by atoms with Gasteiger partial charge in [0.15, 0.2) is 0 Å². The molecule has 0 aromatic heterocycles. The number of alkyl halides is 3. The molecule has 0 spiro atoms. The van der Waals surface area contributed by atoms with Gasteiger partial charge in [0, 0.05) is 17.3 Å². The van der Waals surface area contributed by atoms with Gasteiger partial charge >= 0.3 is 11.9 Å². The molecule has 9 heteroatoms. The third-order valence-electron chi connectivity index (χ3n) is 4.22. The molecule has 0 saturated carbocycles. The van der Waals surface area contributed by atoms with E-state index in [9.17, 15) is 28.1 Å². The molecule has 3 aromatic rings. The number of amides is 1. The average molecular weight is 416 g/mol. The summed E-state index contributed by atoms with van der Waals surface area (Å²) < 4.78 is 43.7. The van der Waals surface area contributed by atoms with Crippen molar-refractivity contribution in [3.05, 3.63) is 93.5 Å². The van der Waals surface area contributed by atoms with E-state index in [0.717, 1.165) is 11.6 Å². The van der Waals surface area contributed by atoms with Gasteiger partial charge in [-0.15, -0.1) is 0 Å². The second-order valence-corrected chi connectivity index (χ2v) is 6.33. The summed E-state index contributed by atoms with van der Waals surface area (Å²) >= 11 is 0. The monoisotopic (exact) mass is 416 g/mol. The molecule has 30 heavy (non-hydrogen) atoms. The molecule has 3 aromatic carbocycles. The van der Waals surface area contributed by atoms with Crippen LogP contribution in [0.25, 0.3) is 0 Å². The lowest BCUT2D eigenvalue weighted by molar-refractivity contribution is -0.385. The number of rotatable bonds is 5. The molecule has 0 atom stereocenters. The van der Waals surface area contributed by atoms with E-state index < -0.39 is 22.4 Å². The second-order valence-electron chi connectivity index (χ2n) is 6.33. The third kappa shape index (κ3) is 4.75. The van der Waals surface area contributed by atoms with E-state index >= 15 is 0 Å². The van der Waals surface area contributed by atoms with Gasteiger partial charge in [-0.3, -0.25) is 14.9 Å². The Hall–Kier alpha value is -3.88. The number of anilines is 1. The number of aryl methyl sites for hydroxylation is 1. The van der Waals surface area contributed by atoms with Crippen molar-refractivity contribution in [2.24, 2.45) is 0 Å². The minimum Gasteiger partial charge on any atom is -0.450 e. The SMILES string of the molecule is Cc1ccccc1NC(=O)c1ccc(Oc2ccc(C(F)(F)F)cc2[N+](=O)[O-])cc1. The molecule has 0 unspecified atom stereocenters. The summed E-state index contributed by atoms with van der Waals surface area (Å²) in [6, 6.07) is 14.9. The smallest absolute Gasteiger partial charge is 0.416 e. The lowest BCUT2D eigenvalue weighted by Crippen LogP contribution is -2.12. The Kier molecular flexibility index (Phi) is 5.72. The number of nitrogens with zero attached hydrogens (tertiary/aromatic N) is 1. The van der Waals surface area contributed by atoms with Crippen LogP contribution < -0.4 is 10.1 Å². The summed E-state index contributed by atoms with van der Waals surface area (Å²) in [6.07, 6.45) is -4.71. The molecule has 0 aliphatic rings. The highest BCUT2D eigenvalue weighted by molar-refractivity contribution is 6.04. The maximum Gasteiger partial charge on any atom is 0.416 e. The third-order valence-corrected chi connectivity index (χ3v) is 4.22. The topological polar surface area (TPSA) is 81.5 Å². The van der Waals surface area contributed by atoms with Crippen LogP contribution in [0, 0.1) is 17.0 Å². The molecule has 154 valence electrons. The highest BCUT2D eigenvalue weighted by Crippen LogP contribution is 2.37. The fraction of sp³-hybridized carbons (Fsp3) is 0.0952. The number of carbonyl (C=O) groups is 1. The minimum atomic E-state index is -4.71. The van der Waals surface area contributed by atoms with Crippen molar-refractivity contribution in [3.63, 3.8) is 0 Å². The first kappa shape index (κ1) is 20.8. The molecule has 1 amide bonds. The number of nitro benzene ring substituents is 1. The standard InChI is InChI=1S/C21H15F3N2O4/c1-13-4-2-3-5-17(13)25-20(27)14-6-9-16(10-7-14)30-19-11-8-15(21(22,23)24)12-18(19)26(28)29/h2-12H,1H3,(H,25,27). The van der Waals surface area contributed by atoms with Gasteiger partial charge in [0.1, 0.15) is 5.75 Å². The molecule has 0 bridgehead atoms. The Morgan fingerprint density at radius 1 is 1.03 bits per heavy atom. The number of benzene rings is 3. The van der Waals surface area contributed by atoms with Crippen LogP contribution in [-0.2, 0) is 6.18 Å². The number of hydrogen-bond acceptors (Lipinski definition) is 4. The van der Waals surface area contributed by atoms with Crippen molar-refractivity contribution in [1.82, 2.24) is 0 Å². The predicted molar refractivity (Wildman–Crippen MR) is 104 cm³/mol. The molecule has 3 rings (SSSR count). The molecular weight excluding hydrogens is 401 g/mol. The van der Waals surface area contributed by atoms with Crippen LogP contribution in [0.15, 0.2) is 66.7 Å². The zero-order chi connectivity index (χ0) is 21.9. The van der Waals surface area contributed by atoms with Crippen LogP contribution in [0.2, 0.25) is 0 Å². The fourth-order valence-electron chi connectivity index (χ4n) is 2.63. The summed E-state index contributed by atoms with van der Waals surface area (Å²) in [7, 11) is 0. The first-order valence-electron chi connectivity index (χ1n) is 8.65. The first-order valence-corrected chi connectivity index (χ1v) is 8.65. The maximum atomic E-state index is 12.8. The number of ether oxygens (including phenoxy) is 1. The van der Waals surface area contributed by atoms with Crippen molar-refractivity contribution >= 4 is 17.3 Å². The van der Waals surface area contributed by atoms with E-state index in [0.29, 0.717) is 23.4 Å². The van der Waals surface area contributed by atoms with E-state index in [1.165, 1.54) is 24.3 Å². The van der Waals surface area contributed by atoms with Crippen molar-refractivity contribution in [2.75, 3.05) is 5.32 Å². The lowest BCUT2D eigenvalue weighted by Gasteiger charge is -2.11. The average Bonchev–Trinajstić information content (AvgIpc) is 2.69. The number of hydrogen-bond donors (Lipinski definition) is 1.